The minimum atomic E-state index is -0.00116. The van der Waals surface area contributed by atoms with E-state index in [1.165, 1.54) is 0 Å². The highest BCUT2D eigenvalue weighted by Crippen LogP contribution is 2.05. The van der Waals surface area contributed by atoms with Gasteiger partial charge in [0.2, 0.25) is 0 Å². The van der Waals surface area contributed by atoms with Gasteiger partial charge in [0.25, 0.3) is 5.56 Å². The second-order valence-corrected chi connectivity index (χ2v) is 2.85. The van der Waals surface area contributed by atoms with Crippen molar-refractivity contribution < 1.29 is 0 Å². The summed E-state index contributed by atoms with van der Waals surface area (Å²) in [5, 5.41) is 7.21. The van der Waals surface area contributed by atoms with Crippen molar-refractivity contribution >= 4 is 10.9 Å². The van der Waals surface area contributed by atoms with Crippen LogP contribution in [0.25, 0.3) is 10.9 Å². The highest BCUT2D eigenvalue weighted by atomic mass is 16.1. The number of rotatable bonds is 0. The molecule has 2 aromatic heterocycles. The van der Waals surface area contributed by atoms with Crippen LogP contribution in [0, 0.1) is 6.92 Å². The van der Waals surface area contributed by atoms with Crippen molar-refractivity contribution in [2.75, 3.05) is 0 Å². The number of nitrogens with zero attached hydrogens (tertiary/aromatic N) is 2. The van der Waals surface area contributed by atoms with Gasteiger partial charge in [0.15, 0.2) is 0 Å². The molecule has 0 amide bonds. The number of H-pyrrole nitrogens is 1. The van der Waals surface area contributed by atoms with Crippen molar-refractivity contribution in [1.29, 1.82) is 0 Å². The van der Waals surface area contributed by atoms with Crippen molar-refractivity contribution in [2.24, 2.45) is 7.05 Å². The number of aromatic amines is 1. The van der Waals surface area contributed by atoms with Gasteiger partial charge in [0.05, 0.1) is 17.1 Å². The van der Waals surface area contributed by atoms with Crippen molar-refractivity contribution in [3.8, 4) is 0 Å². The van der Waals surface area contributed by atoms with Gasteiger partial charge in [-0.25, -0.2) is 0 Å². The Hall–Kier alpha value is -1.58. The van der Waals surface area contributed by atoms with E-state index in [9.17, 15) is 4.79 Å². The summed E-state index contributed by atoms with van der Waals surface area (Å²) in [6.07, 6.45) is 1.55. The Kier molecular flexibility index (Phi) is 1.30. The molecule has 0 aliphatic carbocycles. The first-order chi connectivity index (χ1) is 5.70. The molecule has 0 bridgehead atoms. The summed E-state index contributed by atoms with van der Waals surface area (Å²) in [6, 6.07) is 1.91. The molecule has 2 aromatic rings. The summed E-state index contributed by atoms with van der Waals surface area (Å²) in [5.41, 5.74) is 1.73. The monoisotopic (exact) mass is 163 g/mol. The molecule has 2 heterocycles. The van der Waals surface area contributed by atoms with Gasteiger partial charge in [-0.3, -0.25) is 9.89 Å². The van der Waals surface area contributed by atoms with Gasteiger partial charge in [-0.1, -0.05) is 0 Å². The van der Waals surface area contributed by atoms with Gasteiger partial charge in [0.1, 0.15) is 0 Å². The molecule has 0 aromatic carbocycles. The Balaban J connectivity index is 3.05. The Labute approximate surface area is 68.8 Å². The number of aromatic nitrogens is 3. The molecule has 0 saturated carbocycles. The van der Waals surface area contributed by atoms with Gasteiger partial charge in [-0.05, 0) is 13.0 Å². The third-order valence-electron chi connectivity index (χ3n) is 2.09. The first-order valence-electron chi connectivity index (χ1n) is 3.70. The average Bonchev–Trinajstić information content (AvgIpc) is 2.48. The fourth-order valence-corrected chi connectivity index (χ4v) is 1.22. The molecule has 0 spiro atoms. The van der Waals surface area contributed by atoms with Crippen LogP contribution in [0.1, 0.15) is 5.69 Å². The zero-order valence-electron chi connectivity index (χ0n) is 6.96. The SMILES string of the molecule is Cc1cc2[nH]ncc2c(=O)n1C. The fourth-order valence-electron chi connectivity index (χ4n) is 1.22. The fraction of sp³-hybridized carbons (Fsp3) is 0.250. The summed E-state index contributed by atoms with van der Waals surface area (Å²) in [4.78, 5) is 11.5. The number of pyridine rings is 1. The molecule has 12 heavy (non-hydrogen) atoms. The van der Waals surface area contributed by atoms with Crippen molar-refractivity contribution in [3.05, 3.63) is 28.3 Å². The molecule has 0 aliphatic rings. The first kappa shape index (κ1) is 7.09. The van der Waals surface area contributed by atoms with Crippen LogP contribution in [0.3, 0.4) is 0 Å². The zero-order valence-corrected chi connectivity index (χ0v) is 6.96. The van der Waals surface area contributed by atoms with E-state index in [0.29, 0.717) is 5.39 Å². The maximum absolute atomic E-state index is 11.5. The highest BCUT2D eigenvalue weighted by Gasteiger charge is 2.03. The summed E-state index contributed by atoms with van der Waals surface area (Å²) in [6.45, 7) is 1.89. The Bertz CT molecular complexity index is 480. The molecule has 0 saturated heterocycles. The normalized spacial score (nSPS) is 10.8. The molecule has 4 nitrogen and oxygen atoms in total. The molecule has 0 unspecified atom stereocenters. The van der Waals surface area contributed by atoms with E-state index in [4.69, 9.17) is 0 Å². The average molecular weight is 163 g/mol. The van der Waals surface area contributed by atoms with Crippen LogP contribution in [0.2, 0.25) is 0 Å². The predicted molar refractivity (Wildman–Crippen MR) is 46.1 cm³/mol. The van der Waals surface area contributed by atoms with Crippen LogP contribution in [-0.4, -0.2) is 14.8 Å². The van der Waals surface area contributed by atoms with Crippen LogP contribution in [0.5, 0.6) is 0 Å². The van der Waals surface area contributed by atoms with Gasteiger partial charge in [-0.2, -0.15) is 5.10 Å². The van der Waals surface area contributed by atoms with Gasteiger partial charge in [0, 0.05) is 12.7 Å². The van der Waals surface area contributed by atoms with Crippen molar-refractivity contribution in [1.82, 2.24) is 14.8 Å². The predicted octanol–water partition coefficient (Wildman–Crippen LogP) is 0.570. The molecule has 62 valence electrons. The standard InChI is InChI=1S/C8H9N3O/c1-5-3-7-6(4-9-10-7)8(12)11(5)2/h3-4H,1-2H3,(H,9,10). The largest absolute Gasteiger partial charge is 0.315 e. The van der Waals surface area contributed by atoms with E-state index >= 15 is 0 Å². The van der Waals surface area contributed by atoms with Crippen LogP contribution in [0.15, 0.2) is 17.1 Å². The topological polar surface area (TPSA) is 50.7 Å². The zero-order chi connectivity index (χ0) is 8.72. The van der Waals surface area contributed by atoms with E-state index in [2.05, 4.69) is 10.2 Å². The molecule has 0 aliphatic heterocycles. The molecular weight excluding hydrogens is 154 g/mol. The minimum Gasteiger partial charge on any atom is -0.315 e. The molecular formula is C8H9N3O. The van der Waals surface area contributed by atoms with Crippen LogP contribution in [-0.2, 0) is 7.05 Å². The summed E-state index contributed by atoms with van der Waals surface area (Å²) >= 11 is 0. The minimum absolute atomic E-state index is 0.00116. The molecule has 0 fully saturated rings. The first-order valence-corrected chi connectivity index (χ1v) is 3.70. The van der Waals surface area contributed by atoms with E-state index in [1.54, 1.807) is 17.8 Å². The lowest BCUT2D eigenvalue weighted by Crippen LogP contribution is -2.17. The molecule has 1 N–H and O–H groups in total. The molecule has 4 heteroatoms. The third kappa shape index (κ3) is 0.777. The Morgan fingerprint density at radius 1 is 1.58 bits per heavy atom. The number of hydrogen-bond donors (Lipinski definition) is 1. The summed E-state index contributed by atoms with van der Waals surface area (Å²) in [5.74, 6) is 0. The number of aryl methyl sites for hydroxylation is 1. The summed E-state index contributed by atoms with van der Waals surface area (Å²) in [7, 11) is 1.75. The van der Waals surface area contributed by atoms with Crippen LogP contribution in [0.4, 0.5) is 0 Å². The maximum atomic E-state index is 11.5. The van der Waals surface area contributed by atoms with Crippen molar-refractivity contribution in [2.45, 2.75) is 6.92 Å². The number of nitrogens with one attached hydrogen (secondary N) is 1. The van der Waals surface area contributed by atoms with Crippen LogP contribution < -0.4 is 5.56 Å². The third-order valence-corrected chi connectivity index (χ3v) is 2.09. The molecule has 0 radical (unpaired) electrons. The highest BCUT2D eigenvalue weighted by molar-refractivity contribution is 5.76. The lowest BCUT2D eigenvalue weighted by molar-refractivity contribution is 0.830. The second kappa shape index (κ2) is 2.20. The van der Waals surface area contributed by atoms with Crippen molar-refractivity contribution in [3.63, 3.8) is 0 Å². The molecule has 0 atom stereocenters. The Morgan fingerprint density at radius 3 is 3.08 bits per heavy atom. The van der Waals surface area contributed by atoms with Crippen LogP contribution >= 0.6 is 0 Å². The number of fused-ring (bicyclic) bond motifs is 1. The van der Waals surface area contributed by atoms with Gasteiger partial charge in [-0.15, -0.1) is 0 Å². The second-order valence-electron chi connectivity index (χ2n) is 2.85. The lowest BCUT2D eigenvalue weighted by atomic mass is 10.3. The van der Waals surface area contributed by atoms with Gasteiger partial charge >= 0.3 is 0 Å². The molecule has 2 rings (SSSR count). The van der Waals surface area contributed by atoms with E-state index < -0.39 is 0 Å². The number of hydrogen-bond acceptors (Lipinski definition) is 2. The van der Waals surface area contributed by atoms with E-state index in [1.807, 2.05) is 13.0 Å². The smallest absolute Gasteiger partial charge is 0.261 e. The van der Waals surface area contributed by atoms with E-state index in [0.717, 1.165) is 11.2 Å². The summed E-state index contributed by atoms with van der Waals surface area (Å²) < 4.78 is 1.61. The quantitative estimate of drug-likeness (QED) is 0.617. The van der Waals surface area contributed by atoms with E-state index in [-0.39, 0.29) is 5.56 Å². The lowest BCUT2D eigenvalue weighted by Gasteiger charge is -2.01. The van der Waals surface area contributed by atoms with Gasteiger partial charge < -0.3 is 4.57 Å². The Morgan fingerprint density at radius 2 is 2.33 bits per heavy atom. The maximum Gasteiger partial charge on any atom is 0.261 e.